The Morgan fingerprint density at radius 2 is 1.89 bits per heavy atom. The van der Waals surface area contributed by atoms with E-state index in [2.05, 4.69) is 0 Å². The van der Waals surface area contributed by atoms with Gasteiger partial charge in [-0.1, -0.05) is 11.6 Å². The van der Waals surface area contributed by atoms with E-state index >= 15 is 0 Å². The molecule has 8 heteroatoms. The molecule has 0 amide bonds. The van der Waals surface area contributed by atoms with Crippen molar-refractivity contribution in [1.82, 2.24) is 0 Å². The molecule has 1 aromatic carbocycles. The molecule has 0 aliphatic heterocycles. The van der Waals surface area contributed by atoms with Gasteiger partial charge in [-0.3, -0.25) is 4.55 Å². The van der Waals surface area contributed by atoms with E-state index < -0.39 is 16.1 Å². The number of hydrogen-bond acceptors (Lipinski definition) is 5. The van der Waals surface area contributed by atoms with Crippen LogP contribution in [0.5, 0.6) is 0 Å². The molecule has 108 valence electrons. The molecule has 0 unspecified atom stereocenters. The molecule has 0 saturated heterocycles. The molecule has 0 saturated carbocycles. The first-order valence-corrected chi connectivity index (χ1v) is 7.41. The molecule has 0 atom stereocenters. The predicted octanol–water partition coefficient (Wildman–Crippen LogP) is 1.99. The topological polar surface area (TPSA) is 107 Å². The molecule has 0 fully saturated rings. The standard InChI is InChI=1S/C10H12ClNO2.CH4O3S/c1-6(2)14-10(13)8-5-7(12)3-4-9(8)11;1-5(2,3)4/h3-6H,12H2,1-2H3;1H3,(H,2,3,4). The number of rotatable bonds is 2. The highest BCUT2D eigenvalue weighted by Gasteiger charge is 2.13. The Hall–Kier alpha value is -1.31. The summed E-state index contributed by atoms with van der Waals surface area (Å²) < 4.78 is 30.9. The van der Waals surface area contributed by atoms with Gasteiger partial charge in [0.15, 0.2) is 0 Å². The van der Waals surface area contributed by atoms with Crippen molar-refractivity contribution in [3.63, 3.8) is 0 Å². The summed E-state index contributed by atoms with van der Waals surface area (Å²) in [6.45, 7) is 3.55. The molecule has 0 aliphatic carbocycles. The zero-order valence-corrected chi connectivity index (χ0v) is 12.3. The fourth-order valence-electron chi connectivity index (χ4n) is 0.977. The SMILES string of the molecule is CC(C)OC(=O)c1cc(N)ccc1Cl.CS(=O)(=O)O. The van der Waals surface area contributed by atoms with Crippen LogP contribution in [0, 0.1) is 0 Å². The lowest BCUT2D eigenvalue weighted by molar-refractivity contribution is 0.0378. The van der Waals surface area contributed by atoms with E-state index in [9.17, 15) is 13.2 Å². The zero-order chi connectivity index (χ0) is 15.2. The maximum atomic E-state index is 11.5. The van der Waals surface area contributed by atoms with Gasteiger partial charge in [-0.15, -0.1) is 0 Å². The molecular formula is C11H16ClNO5S. The third kappa shape index (κ3) is 9.29. The fourth-order valence-corrected chi connectivity index (χ4v) is 1.17. The van der Waals surface area contributed by atoms with Crippen LogP contribution in [-0.4, -0.2) is 31.3 Å². The lowest BCUT2D eigenvalue weighted by Gasteiger charge is -2.09. The van der Waals surface area contributed by atoms with Crippen molar-refractivity contribution >= 4 is 33.4 Å². The Labute approximate surface area is 117 Å². The Bertz CT molecular complexity index is 534. The van der Waals surface area contributed by atoms with Crippen LogP contribution in [0.25, 0.3) is 0 Å². The average Bonchev–Trinajstić information content (AvgIpc) is 2.18. The third-order valence-corrected chi connectivity index (χ3v) is 1.88. The Morgan fingerprint density at radius 3 is 2.32 bits per heavy atom. The third-order valence-electron chi connectivity index (χ3n) is 1.55. The maximum Gasteiger partial charge on any atom is 0.339 e. The minimum atomic E-state index is -3.67. The normalized spacial score (nSPS) is 10.6. The van der Waals surface area contributed by atoms with Gasteiger partial charge >= 0.3 is 5.97 Å². The summed E-state index contributed by atoms with van der Waals surface area (Å²) in [5.41, 5.74) is 6.33. The molecule has 1 aromatic rings. The molecule has 1 rings (SSSR count). The van der Waals surface area contributed by atoms with E-state index in [1.165, 1.54) is 6.07 Å². The van der Waals surface area contributed by atoms with Crippen LogP contribution in [-0.2, 0) is 14.9 Å². The van der Waals surface area contributed by atoms with Crippen molar-refractivity contribution in [3.8, 4) is 0 Å². The lowest BCUT2D eigenvalue weighted by atomic mass is 10.2. The summed E-state index contributed by atoms with van der Waals surface area (Å²) in [6.07, 6.45) is 0.549. The van der Waals surface area contributed by atoms with Crippen molar-refractivity contribution in [2.24, 2.45) is 0 Å². The lowest BCUT2D eigenvalue weighted by Crippen LogP contribution is -2.12. The summed E-state index contributed by atoms with van der Waals surface area (Å²) in [5, 5.41) is 0.352. The van der Waals surface area contributed by atoms with Crippen molar-refractivity contribution in [1.29, 1.82) is 0 Å². The van der Waals surface area contributed by atoms with Crippen LogP contribution in [0.4, 0.5) is 5.69 Å². The van der Waals surface area contributed by atoms with Crippen molar-refractivity contribution in [2.45, 2.75) is 20.0 Å². The first kappa shape index (κ1) is 17.7. The summed E-state index contributed by atoms with van der Waals surface area (Å²) in [5.74, 6) is -0.447. The summed E-state index contributed by atoms with van der Waals surface area (Å²) in [6, 6.07) is 4.72. The summed E-state index contributed by atoms with van der Waals surface area (Å²) in [4.78, 5) is 11.5. The highest BCUT2D eigenvalue weighted by atomic mass is 35.5. The number of anilines is 1. The maximum absolute atomic E-state index is 11.5. The van der Waals surface area contributed by atoms with E-state index in [0.29, 0.717) is 22.5 Å². The summed E-state index contributed by atoms with van der Waals surface area (Å²) >= 11 is 5.82. The van der Waals surface area contributed by atoms with E-state index in [-0.39, 0.29) is 6.10 Å². The van der Waals surface area contributed by atoms with Crippen molar-refractivity contribution in [2.75, 3.05) is 12.0 Å². The zero-order valence-electron chi connectivity index (χ0n) is 10.8. The van der Waals surface area contributed by atoms with Crippen LogP contribution in [0.1, 0.15) is 24.2 Å². The number of halogens is 1. The van der Waals surface area contributed by atoms with Gasteiger partial charge in [0.25, 0.3) is 10.1 Å². The first-order valence-electron chi connectivity index (χ1n) is 5.19. The van der Waals surface area contributed by atoms with E-state index in [1.54, 1.807) is 26.0 Å². The van der Waals surface area contributed by atoms with Gasteiger partial charge in [0, 0.05) is 5.69 Å². The van der Waals surface area contributed by atoms with Crippen molar-refractivity contribution < 1.29 is 22.5 Å². The number of carbonyl (C=O) groups is 1. The largest absolute Gasteiger partial charge is 0.459 e. The van der Waals surface area contributed by atoms with Gasteiger partial charge in [-0.25, -0.2) is 4.79 Å². The predicted molar refractivity (Wildman–Crippen MR) is 73.9 cm³/mol. The van der Waals surface area contributed by atoms with E-state index in [1.807, 2.05) is 0 Å². The number of carbonyl (C=O) groups excluding carboxylic acids is 1. The Balaban J connectivity index is 0.000000555. The molecule has 6 nitrogen and oxygen atoms in total. The highest BCUT2D eigenvalue weighted by molar-refractivity contribution is 7.85. The van der Waals surface area contributed by atoms with E-state index in [4.69, 9.17) is 26.6 Å². The molecule has 3 N–H and O–H groups in total. The molecule has 19 heavy (non-hydrogen) atoms. The molecule has 0 spiro atoms. The van der Waals surface area contributed by atoms with E-state index in [0.717, 1.165) is 0 Å². The second-order valence-corrected chi connectivity index (χ2v) is 5.80. The Kier molecular flexibility index (Phi) is 6.82. The molecule has 0 aromatic heterocycles. The first-order chi connectivity index (χ1) is 8.50. The second kappa shape index (κ2) is 7.32. The van der Waals surface area contributed by atoms with Gasteiger partial charge in [-0.05, 0) is 32.0 Å². The quantitative estimate of drug-likeness (QED) is 0.491. The average molecular weight is 310 g/mol. The smallest absolute Gasteiger partial charge is 0.339 e. The molecule has 0 bridgehead atoms. The number of esters is 1. The number of ether oxygens (including phenoxy) is 1. The minimum Gasteiger partial charge on any atom is -0.459 e. The fraction of sp³-hybridized carbons (Fsp3) is 0.364. The van der Waals surface area contributed by atoms with Crippen LogP contribution >= 0.6 is 11.6 Å². The van der Waals surface area contributed by atoms with Crippen molar-refractivity contribution in [3.05, 3.63) is 28.8 Å². The van der Waals surface area contributed by atoms with Crippen LogP contribution in [0.3, 0.4) is 0 Å². The second-order valence-electron chi connectivity index (χ2n) is 3.93. The van der Waals surface area contributed by atoms with Crippen LogP contribution < -0.4 is 5.73 Å². The number of nitrogens with two attached hydrogens (primary N) is 1. The number of nitrogen functional groups attached to an aromatic ring is 1. The monoisotopic (exact) mass is 309 g/mol. The minimum absolute atomic E-state index is 0.167. The summed E-state index contributed by atoms with van der Waals surface area (Å²) in [7, 11) is -3.67. The highest BCUT2D eigenvalue weighted by Crippen LogP contribution is 2.20. The molecule has 0 aliphatic rings. The molecule has 0 heterocycles. The molecular weight excluding hydrogens is 294 g/mol. The number of hydrogen-bond donors (Lipinski definition) is 2. The van der Waals surface area contributed by atoms with Crippen LogP contribution in [0.2, 0.25) is 5.02 Å². The van der Waals surface area contributed by atoms with Gasteiger partial charge < -0.3 is 10.5 Å². The van der Waals surface area contributed by atoms with Gasteiger partial charge in [-0.2, -0.15) is 8.42 Å². The number of benzene rings is 1. The molecule has 0 radical (unpaired) electrons. The van der Waals surface area contributed by atoms with Gasteiger partial charge in [0.05, 0.1) is 22.9 Å². The van der Waals surface area contributed by atoms with Gasteiger partial charge in [0.2, 0.25) is 0 Å². The Morgan fingerprint density at radius 1 is 1.42 bits per heavy atom. The van der Waals surface area contributed by atoms with Gasteiger partial charge in [0.1, 0.15) is 0 Å². The van der Waals surface area contributed by atoms with Crippen LogP contribution in [0.15, 0.2) is 18.2 Å².